The molecule has 2 aliphatic heterocycles. The van der Waals surface area contributed by atoms with Gasteiger partial charge in [-0.05, 0) is 92.1 Å². The molecule has 0 bridgehead atoms. The fourth-order valence-electron chi connectivity index (χ4n) is 4.02. The molecular weight excluding hydrogens is 411 g/mol. The summed E-state index contributed by atoms with van der Waals surface area (Å²) < 4.78 is 13.1. The molecule has 0 spiro atoms. The minimum atomic E-state index is -0.348. The third kappa shape index (κ3) is 3.92. The van der Waals surface area contributed by atoms with Crippen LogP contribution in [0.2, 0.25) is 0 Å². The summed E-state index contributed by atoms with van der Waals surface area (Å²) in [5.74, 6) is -0.666. The van der Waals surface area contributed by atoms with Gasteiger partial charge in [0.2, 0.25) is 0 Å². The van der Waals surface area contributed by atoms with E-state index in [1.807, 2.05) is 6.92 Å². The fraction of sp³-hybridized carbons (Fsp3) is 0.280. The number of benzene rings is 2. The van der Waals surface area contributed by atoms with E-state index in [2.05, 4.69) is 50.9 Å². The highest BCUT2D eigenvalue weighted by Gasteiger charge is 2.35. The van der Waals surface area contributed by atoms with Crippen LogP contribution in [0, 0.1) is 12.7 Å². The summed E-state index contributed by atoms with van der Waals surface area (Å²) in [5.41, 5.74) is 6.08. The van der Waals surface area contributed by atoms with Crippen molar-refractivity contribution in [1.29, 1.82) is 0 Å². The van der Waals surface area contributed by atoms with Crippen LogP contribution in [0.4, 0.5) is 14.9 Å². The third-order valence-electron chi connectivity index (χ3n) is 6.02. The summed E-state index contributed by atoms with van der Waals surface area (Å²) in [7, 11) is 2.09. The number of fused-ring (bicyclic) bond motifs is 1. The van der Waals surface area contributed by atoms with Gasteiger partial charge in [0.1, 0.15) is 5.82 Å². The molecular formula is C25H25FN2O2S. The normalized spacial score (nSPS) is 19.2. The number of allylic oxidation sites excluding steroid dienone is 1. The Morgan fingerprint density at radius 1 is 1.10 bits per heavy atom. The second kappa shape index (κ2) is 7.68. The number of anilines is 1. The molecule has 0 N–H and O–H groups in total. The topological polar surface area (TPSA) is 40.6 Å². The lowest BCUT2D eigenvalue weighted by molar-refractivity contribution is -0.123. The molecule has 0 saturated carbocycles. The quantitative estimate of drug-likeness (QED) is 0.553. The van der Waals surface area contributed by atoms with Gasteiger partial charge in [-0.25, -0.2) is 4.39 Å². The van der Waals surface area contributed by atoms with Crippen molar-refractivity contribution in [2.24, 2.45) is 0 Å². The number of halogens is 1. The van der Waals surface area contributed by atoms with Crippen LogP contribution in [0.1, 0.15) is 43.0 Å². The van der Waals surface area contributed by atoms with Crippen LogP contribution in [-0.2, 0) is 11.3 Å². The highest BCUT2D eigenvalue weighted by Crippen LogP contribution is 2.40. The number of hydrogen-bond donors (Lipinski definition) is 0. The van der Waals surface area contributed by atoms with Gasteiger partial charge in [0.05, 0.1) is 17.0 Å². The number of hydrogen-bond acceptors (Lipinski definition) is 4. The average Bonchev–Trinajstić information content (AvgIpc) is 2.96. The Morgan fingerprint density at radius 2 is 1.77 bits per heavy atom. The van der Waals surface area contributed by atoms with Crippen molar-refractivity contribution in [3.8, 4) is 0 Å². The molecule has 2 aromatic carbocycles. The Morgan fingerprint density at radius 3 is 2.45 bits per heavy atom. The summed E-state index contributed by atoms with van der Waals surface area (Å²) in [6.07, 6.45) is 4.04. The Kier molecular flexibility index (Phi) is 5.30. The molecule has 1 fully saturated rings. The average molecular weight is 437 g/mol. The predicted molar refractivity (Wildman–Crippen MR) is 125 cm³/mol. The van der Waals surface area contributed by atoms with Crippen molar-refractivity contribution < 1.29 is 14.0 Å². The summed E-state index contributed by atoms with van der Waals surface area (Å²) >= 11 is 0.946. The van der Waals surface area contributed by atoms with Gasteiger partial charge in [-0.2, -0.15) is 0 Å². The first kappa shape index (κ1) is 21.4. The summed E-state index contributed by atoms with van der Waals surface area (Å²) in [6.45, 7) is 8.61. The highest BCUT2D eigenvalue weighted by molar-refractivity contribution is 8.18. The predicted octanol–water partition coefficient (Wildman–Crippen LogP) is 6.00. The number of thioether (sulfide) groups is 1. The second-order valence-electron chi connectivity index (χ2n) is 8.66. The van der Waals surface area contributed by atoms with Crippen LogP contribution in [0.15, 0.2) is 47.4 Å². The maximum atomic E-state index is 13.1. The molecule has 31 heavy (non-hydrogen) atoms. The standard InChI is InChI=1S/C25H25FN2O2S/c1-15-10-21-20(16(2)13-25(3,4)27(21)5)11-18(15)12-22-23(29)28(24(30)31-22)14-17-6-8-19(26)9-7-17/h6-13H,14H2,1-5H3/b22-12-. The largest absolute Gasteiger partial charge is 0.365 e. The molecule has 2 aliphatic rings. The van der Waals surface area contributed by atoms with Crippen molar-refractivity contribution in [2.75, 3.05) is 11.9 Å². The van der Waals surface area contributed by atoms with Gasteiger partial charge < -0.3 is 4.90 Å². The van der Waals surface area contributed by atoms with Crippen molar-refractivity contribution in [1.82, 2.24) is 4.90 Å². The molecule has 0 aliphatic carbocycles. The van der Waals surface area contributed by atoms with Crippen LogP contribution in [0.25, 0.3) is 11.6 Å². The van der Waals surface area contributed by atoms with Gasteiger partial charge in [-0.3, -0.25) is 14.5 Å². The van der Waals surface area contributed by atoms with Gasteiger partial charge in [-0.1, -0.05) is 18.2 Å². The van der Waals surface area contributed by atoms with Gasteiger partial charge >= 0.3 is 0 Å². The van der Waals surface area contributed by atoms with E-state index in [4.69, 9.17) is 0 Å². The Labute approximate surface area is 186 Å². The lowest BCUT2D eigenvalue weighted by Crippen LogP contribution is -2.42. The number of amides is 2. The van der Waals surface area contributed by atoms with Crippen LogP contribution in [-0.4, -0.2) is 28.6 Å². The van der Waals surface area contributed by atoms with E-state index in [1.54, 1.807) is 18.2 Å². The van der Waals surface area contributed by atoms with Gasteiger partial charge in [0, 0.05) is 18.3 Å². The van der Waals surface area contributed by atoms with E-state index in [0.29, 0.717) is 10.5 Å². The number of likely N-dealkylation sites (N-methyl/N-ethyl adjacent to an activating group) is 1. The maximum absolute atomic E-state index is 13.1. The first-order valence-corrected chi connectivity index (χ1v) is 11.0. The van der Waals surface area contributed by atoms with E-state index >= 15 is 0 Å². The lowest BCUT2D eigenvalue weighted by atomic mass is 9.87. The Hall–Kier alpha value is -2.86. The maximum Gasteiger partial charge on any atom is 0.293 e. The number of carbonyl (C=O) groups is 2. The van der Waals surface area contributed by atoms with E-state index in [-0.39, 0.29) is 29.0 Å². The number of aryl methyl sites for hydroxylation is 1. The van der Waals surface area contributed by atoms with E-state index in [1.165, 1.54) is 22.6 Å². The first-order chi connectivity index (χ1) is 14.6. The number of nitrogens with zero attached hydrogens (tertiary/aromatic N) is 2. The zero-order chi connectivity index (χ0) is 22.5. The van der Waals surface area contributed by atoms with E-state index in [9.17, 15) is 14.0 Å². The smallest absolute Gasteiger partial charge is 0.293 e. The first-order valence-electron chi connectivity index (χ1n) is 10.1. The molecule has 0 unspecified atom stereocenters. The second-order valence-corrected chi connectivity index (χ2v) is 9.65. The zero-order valence-electron chi connectivity index (χ0n) is 18.3. The molecule has 2 amide bonds. The molecule has 1 saturated heterocycles. The van der Waals surface area contributed by atoms with Gasteiger partial charge in [0.15, 0.2) is 0 Å². The van der Waals surface area contributed by atoms with Crippen LogP contribution >= 0.6 is 11.8 Å². The Balaban J connectivity index is 1.65. The number of imide groups is 1. The van der Waals surface area contributed by atoms with E-state index < -0.39 is 0 Å². The monoisotopic (exact) mass is 436 g/mol. The molecule has 0 atom stereocenters. The highest BCUT2D eigenvalue weighted by atomic mass is 32.2. The van der Waals surface area contributed by atoms with Crippen LogP contribution < -0.4 is 4.90 Å². The van der Waals surface area contributed by atoms with Crippen molar-refractivity contribution in [3.05, 3.63) is 75.5 Å². The lowest BCUT2D eigenvalue weighted by Gasteiger charge is -2.41. The molecule has 160 valence electrons. The molecule has 2 heterocycles. The van der Waals surface area contributed by atoms with Crippen molar-refractivity contribution >= 4 is 40.2 Å². The number of carbonyl (C=O) groups excluding carboxylic acids is 2. The third-order valence-corrected chi connectivity index (χ3v) is 6.93. The van der Waals surface area contributed by atoms with E-state index in [0.717, 1.165) is 34.1 Å². The fourth-order valence-corrected chi connectivity index (χ4v) is 4.85. The summed E-state index contributed by atoms with van der Waals surface area (Å²) in [6, 6.07) is 10.1. The molecule has 2 aromatic rings. The molecule has 4 rings (SSSR count). The molecule has 4 nitrogen and oxygen atoms in total. The molecule has 6 heteroatoms. The van der Waals surface area contributed by atoms with Gasteiger partial charge in [0.25, 0.3) is 11.1 Å². The zero-order valence-corrected chi connectivity index (χ0v) is 19.1. The molecule has 0 radical (unpaired) electrons. The van der Waals surface area contributed by atoms with Crippen molar-refractivity contribution in [3.63, 3.8) is 0 Å². The minimum Gasteiger partial charge on any atom is -0.365 e. The Bertz CT molecular complexity index is 1150. The van der Waals surface area contributed by atoms with Crippen LogP contribution in [0.5, 0.6) is 0 Å². The minimum absolute atomic E-state index is 0.0753. The summed E-state index contributed by atoms with van der Waals surface area (Å²) in [5, 5.41) is -0.311. The summed E-state index contributed by atoms with van der Waals surface area (Å²) in [4.78, 5) is 29.3. The number of rotatable bonds is 3. The van der Waals surface area contributed by atoms with Gasteiger partial charge in [-0.15, -0.1) is 0 Å². The van der Waals surface area contributed by atoms with Crippen molar-refractivity contribution in [2.45, 2.75) is 39.8 Å². The van der Waals surface area contributed by atoms with Crippen LogP contribution in [0.3, 0.4) is 0 Å². The molecule has 0 aromatic heterocycles. The SMILES string of the molecule is CC1=CC(C)(C)N(C)c2cc(C)c(/C=C3\SC(=O)N(Cc4ccc(F)cc4)C3=O)cc21.